The van der Waals surface area contributed by atoms with Crippen LogP contribution in [0.5, 0.6) is 0 Å². The molecule has 1 aromatic rings. The quantitative estimate of drug-likeness (QED) is 0.645. The van der Waals surface area contributed by atoms with Gasteiger partial charge in [-0.3, -0.25) is 4.79 Å². The molecule has 1 N–H and O–H groups in total. The smallest absolute Gasteiger partial charge is 0.331 e. The third-order valence-corrected chi connectivity index (χ3v) is 2.72. The first kappa shape index (κ1) is 13.3. The second-order valence-corrected chi connectivity index (χ2v) is 4.13. The van der Waals surface area contributed by atoms with Crippen LogP contribution in [-0.2, 0) is 19.1 Å². The van der Waals surface area contributed by atoms with Gasteiger partial charge in [0.2, 0.25) is 0 Å². The number of carbonyl (C=O) groups excluding carboxylic acids is 2. The van der Waals surface area contributed by atoms with Crippen molar-refractivity contribution in [2.75, 3.05) is 6.61 Å². The fraction of sp³-hybridized carbons (Fsp3) is 0.286. The molecule has 1 aliphatic heterocycles. The molecule has 2 atom stereocenters. The first-order valence-corrected chi connectivity index (χ1v) is 5.93. The maximum absolute atomic E-state index is 11.6. The highest BCUT2D eigenvalue weighted by molar-refractivity contribution is 5.87. The number of aliphatic hydroxyl groups is 1. The van der Waals surface area contributed by atoms with Crippen molar-refractivity contribution < 1.29 is 24.2 Å². The van der Waals surface area contributed by atoms with Gasteiger partial charge in [-0.15, -0.1) is 0 Å². The molecule has 2 rings (SSSR count). The van der Waals surface area contributed by atoms with Crippen molar-refractivity contribution in [3.05, 3.63) is 42.0 Å². The highest BCUT2D eigenvalue weighted by atomic mass is 16.6. The highest BCUT2D eigenvalue weighted by Crippen LogP contribution is 2.18. The topological polar surface area (TPSA) is 72.8 Å². The minimum absolute atomic E-state index is 0.0177. The van der Waals surface area contributed by atoms with Crippen molar-refractivity contribution in [1.82, 2.24) is 0 Å². The Balaban J connectivity index is 1.91. The van der Waals surface area contributed by atoms with Gasteiger partial charge in [-0.1, -0.05) is 30.3 Å². The Morgan fingerprint density at radius 1 is 1.42 bits per heavy atom. The summed E-state index contributed by atoms with van der Waals surface area (Å²) in [6.07, 6.45) is 1.41. The molecule has 1 saturated heterocycles. The van der Waals surface area contributed by atoms with Crippen LogP contribution in [0.4, 0.5) is 0 Å². The number of rotatable bonds is 4. The average molecular weight is 262 g/mol. The second-order valence-electron chi connectivity index (χ2n) is 4.13. The molecule has 19 heavy (non-hydrogen) atoms. The zero-order chi connectivity index (χ0) is 13.7. The van der Waals surface area contributed by atoms with Gasteiger partial charge in [-0.2, -0.15) is 0 Å². The zero-order valence-corrected chi connectivity index (χ0v) is 10.2. The van der Waals surface area contributed by atoms with Crippen LogP contribution < -0.4 is 0 Å². The van der Waals surface area contributed by atoms with E-state index in [4.69, 9.17) is 14.6 Å². The van der Waals surface area contributed by atoms with E-state index in [-0.39, 0.29) is 13.0 Å². The van der Waals surface area contributed by atoms with Crippen LogP contribution in [0.1, 0.15) is 12.0 Å². The van der Waals surface area contributed by atoms with Crippen LogP contribution in [0.2, 0.25) is 0 Å². The lowest BCUT2D eigenvalue weighted by atomic mass is 10.2. The van der Waals surface area contributed by atoms with Crippen molar-refractivity contribution >= 4 is 18.0 Å². The normalized spacial score (nSPS) is 22.5. The number of ether oxygens (including phenoxy) is 2. The van der Waals surface area contributed by atoms with Crippen LogP contribution in [-0.4, -0.2) is 35.9 Å². The molecule has 0 amide bonds. The van der Waals surface area contributed by atoms with E-state index in [9.17, 15) is 9.59 Å². The summed E-state index contributed by atoms with van der Waals surface area (Å²) < 4.78 is 9.87. The average Bonchev–Trinajstić information content (AvgIpc) is 2.77. The largest absolute Gasteiger partial charge is 0.456 e. The number of hydrogen-bond donors (Lipinski definition) is 1. The van der Waals surface area contributed by atoms with E-state index < -0.39 is 24.1 Å². The van der Waals surface area contributed by atoms with E-state index in [1.54, 1.807) is 6.08 Å². The maximum Gasteiger partial charge on any atom is 0.331 e. The van der Waals surface area contributed by atoms with E-state index in [2.05, 4.69) is 0 Å². The standard InChI is InChI=1S/C14H14O5/c15-9-12-11(8-14(17)19-12)18-13(16)7-6-10-4-2-1-3-5-10/h1-7,11-12,15H,8-9H2/b7-6+/t11-,12+/m0/s1. The summed E-state index contributed by atoms with van der Waals surface area (Å²) in [5, 5.41) is 8.99. The van der Waals surface area contributed by atoms with Crippen LogP contribution in [0.25, 0.3) is 6.08 Å². The van der Waals surface area contributed by atoms with E-state index in [0.717, 1.165) is 5.56 Å². The lowest BCUT2D eigenvalue weighted by molar-refractivity contribution is -0.149. The van der Waals surface area contributed by atoms with E-state index in [1.165, 1.54) is 6.08 Å². The van der Waals surface area contributed by atoms with Crippen LogP contribution in [0.15, 0.2) is 36.4 Å². The summed E-state index contributed by atoms with van der Waals surface area (Å²) in [6.45, 7) is -0.355. The Morgan fingerprint density at radius 3 is 2.84 bits per heavy atom. The number of carbonyl (C=O) groups is 2. The first-order chi connectivity index (χ1) is 9.19. The molecule has 1 aromatic carbocycles. The molecule has 100 valence electrons. The van der Waals surface area contributed by atoms with E-state index in [1.807, 2.05) is 30.3 Å². The first-order valence-electron chi connectivity index (χ1n) is 5.93. The lowest BCUT2D eigenvalue weighted by Gasteiger charge is -2.14. The number of cyclic esters (lactones) is 1. The van der Waals surface area contributed by atoms with Crippen LogP contribution in [0.3, 0.4) is 0 Å². The molecule has 1 heterocycles. The molecule has 0 unspecified atom stereocenters. The summed E-state index contributed by atoms with van der Waals surface area (Å²) >= 11 is 0. The Kier molecular flexibility index (Phi) is 4.30. The third-order valence-electron chi connectivity index (χ3n) is 2.72. The molecule has 5 heteroatoms. The molecule has 0 bridgehead atoms. The lowest BCUT2D eigenvalue weighted by Crippen LogP contribution is -2.29. The van der Waals surface area contributed by atoms with Gasteiger partial charge in [0.1, 0.15) is 0 Å². The van der Waals surface area contributed by atoms with Crippen molar-refractivity contribution in [3.8, 4) is 0 Å². The van der Waals surface area contributed by atoms with Gasteiger partial charge in [-0.05, 0) is 11.6 Å². The molecule has 0 saturated carbocycles. The van der Waals surface area contributed by atoms with Gasteiger partial charge in [0.15, 0.2) is 12.2 Å². The minimum atomic E-state index is -0.762. The van der Waals surface area contributed by atoms with Crippen LogP contribution in [0, 0.1) is 0 Å². The maximum atomic E-state index is 11.6. The van der Waals surface area contributed by atoms with Crippen molar-refractivity contribution in [2.24, 2.45) is 0 Å². The Morgan fingerprint density at radius 2 is 2.16 bits per heavy atom. The molecule has 0 aliphatic carbocycles. The van der Waals surface area contributed by atoms with Crippen molar-refractivity contribution in [1.29, 1.82) is 0 Å². The Bertz CT molecular complexity index is 480. The zero-order valence-electron chi connectivity index (χ0n) is 10.2. The fourth-order valence-electron chi connectivity index (χ4n) is 1.78. The summed E-state index contributed by atoms with van der Waals surface area (Å²) in [6, 6.07) is 9.29. The van der Waals surface area contributed by atoms with Gasteiger partial charge in [0.25, 0.3) is 0 Å². The SMILES string of the molecule is O=C(/C=C/c1ccccc1)O[C@H]1CC(=O)O[C@@H]1CO. The summed E-state index contributed by atoms with van der Waals surface area (Å²) in [7, 11) is 0. The number of esters is 2. The van der Waals surface area contributed by atoms with Gasteiger partial charge < -0.3 is 14.6 Å². The summed E-state index contributed by atoms with van der Waals surface area (Å²) in [5.41, 5.74) is 0.872. The molecular formula is C14H14O5. The second kappa shape index (κ2) is 6.15. The Hall–Kier alpha value is -2.14. The predicted octanol–water partition coefficient (Wildman–Crippen LogP) is 0.919. The van der Waals surface area contributed by atoms with Crippen LogP contribution >= 0.6 is 0 Å². The predicted molar refractivity (Wildman–Crippen MR) is 66.9 cm³/mol. The fourth-order valence-corrected chi connectivity index (χ4v) is 1.78. The minimum Gasteiger partial charge on any atom is -0.456 e. The van der Waals surface area contributed by atoms with E-state index >= 15 is 0 Å². The Labute approximate surface area is 110 Å². The summed E-state index contributed by atoms with van der Waals surface area (Å²) in [4.78, 5) is 22.6. The molecular weight excluding hydrogens is 248 g/mol. The number of aliphatic hydroxyl groups excluding tert-OH is 1. The number of hydrogen-bond acceptors (Lipinski definition) is 5. The van der Waals surface area contributed by atoms with Crippen molar-refractivity contribution in [3.63, 3.8) is 0 Å². The molecule has 5 nitrogen and oxygen atoms in total. The van der Waals surface area contributed by atoms with Gasteiger partial charge in [0.05, 0.1) is 13.0 Å². The molecule has 1 fully saturated rings. The molecule has 1 aliphatic rings. The highest BCUT2D eigenvalue weighted by Gasteiger charge is 2.36. The molecule has 0 radical (unpaired) electrons. The van der Waals surface area contributed by atoms with Gasteiger partial charge in [0, 0.05) is 6.08 Å². The molecule has 0 spiro atoms. The van der Waals surface area contributed by atoms with E-state index in [0.29, 0.717) is 0 Å². The number of benzene rings is 1. The molecule has 0 aromatic heterocycles. The monoisotopic (exact) mass is 262 g/mol. The van der Waals surface area contributed by atoms with Gasteiger partial charge in [-0.25, -0.2) is 4.79 Å². The summed E-state index contributed by atoms with van der Waals surface area (Å²) in [5.74, 6) is -1.03. The third kappa shape index (κ3) is 3.66. The van der Waals surface area contributed by atoms with Gasteiger partial charge >= 0.3 is 11.9 Å². The van der Waals surface area contributed by atoms with Crippen molar-refractivity contribution in [2.45, 2.75) is 18.6 Å².